The molecule has 3 aliphatic rings. The number of piperidine rings is 3. The number of aryl methyl sites for hydroxylation is 1. The normalized spacial score (nSPS) is 33.1. The summed E-state index contributed by atoms with van der Waals surface area (Å²) in [5, 5.41) is 3.45. The fourth-order valence-electron chi connectivity index (χ4n) is 3.53. The number of nitrogens with zero attached hydrogens (tertiary/aromatic N) is 1. The van der Waals surface area contributed by atoms with Crippen LogP contribution in [0.25, 0.3) is 0 Å². The van der Waals surface area contributed by atoms with Crippen LogP contribution in [0.4, 0.5) is 5.69 Å². The molecule has 1 unspecified atom stereocenters. The van der Waals surface area contributed by atoms with Crippen LogP contribution in [0.2, 0.25) is 0 Å². The molecular weight excluding hydrogens is 238 g/mol. The van der Waals surface area contributed by atoms with Gasteiger partial charge in [-0.25, -0.2) is 0 Å². The van der Waals surface area contributed by atoms with Gasteiger partial charge in [0.25, 0.3) is 0 Å². The van der Waals surface area contributed by atoms with Gasteiger partial charge in [0, 0.05) is 12.2 Å². The number of hydrogen-bond donors (Lipinski definition) is 2. The second kappa shape index (κ2) is 4.53. The molecule has 0 spiro atoms. The first kappa shape index (κ1) is 12.5. The van der Waals surface area contributed by atoms with Gasteiger partial charge in [-0.2, -0.15) is 0 Å². The summed E-state index contributed by atoms with van der Waals surface area (Å²) in [5.41, 5.74) is 7.33. The van der Waals surface area contributed by atoms with Gasteiger partial charge in [-0.3, -0.25) is 4.79 Å². The van der Waals surface area contributed by atoms with E-state index in [1.54, 1.807) is 0 Å². The second-order valence-corrected chi connectivity index (χ2v) is 5.88. The molecule has 3 aliphatic heterocycles. The van der Waals surface area contributed by atoms with E-state index in [9.17, 15) is 4.79 Å². The first-order valence-corrected chi connectivity index (χ1v) is 6.97. The third-order valence-corrected chi connectivity index (χ3v) is 4.58. The molecule has 2 bridgehead atoms. The molecule has 1 aromatic carbocycles. The number of hydrogen-bond acceptors (Lipinski definition) is 3. The predicted molar refractivity (Wildman–Crippen MR) is 75.9 cm³/mol. The molecule has 0 radical (unpaired) electrons. The van der Waals surface area contributed by atoms with Crippen LogP contribution >= 0.6 is 0 Å². The molecule has 3 heterocycles. The summed E-state index contributed by atoms with van der Waals surface area (Å²) in [6, 6.07) is 8.14. The van der Waals surface area contributed by atoms with Crippen molar-refractivity contribution in [2.45, 2.75) is 25.3 Å². The average Bonchev–Trinajstić information content (AvgIpc) is 2.40. The molecule has 102 valence electrons. The predicted octanol–water partition coefficient (Wildman–Crippen LogP) is 1.36. The van der Waals surface area contributed by atoms with Crippen LogP contribution in [0.1, 0.15) is 18.4 Å². The molecule has 4 heteroatoms. The fraction of sp³-hybridized carbons (Fsp3) is 0.533. The van der Waals surface area contributed by atoms with Gasteiger partial charge >= 0.3 is 0 Å². The van der Waals surface area contributed by atoms with E-state index < -0.39 is 5.54 Å². The Morgan fingerprint density at radius 2 is 2.16 bits per heavy atom. The third-order valence-electron chi connectivity index (χ3n) is 4.58. The average molecular weight is 259 g/mol. The summed E-state index contributed by atoms with van der Waals surface area (Å²) in [6.45, 7) is 4.98. The topological polar surface area (TPSA) is 58.4 Å². The second-order valence-electron chi connectivity index (χ2n) is 5.88. The van der Waals surface area contributed by atoms with Crippen molar-refractivity contribution in [3.63, 3.8) is 0 Å². The number of nitrogens with one attached hydrogen (secondary N) is 1. The van der Waals surface area contributed by atoms with Crippen molar-refractivity contribution < 1.29 is 4.79 Å². The van der Waals surface area contributed by atoms with Crippen LogP contribution in [0.15, 0.2) is 24.3 Å². The number of benzene rings is 1. The summed E-state index contributed by atoms with van der Waals surface area (Å²) < 4.78 is 0. The molecule has 0 aromatic heterocycles. The van der Waals surface area contributed by atoms with Gasteiger partial charge in [0.15, 0.2) is 0 Å². The highest BCUT2D eigenvalue weighted by molar-refractivity contribution is 5.89. The zero-order chi connectivity index (χ0) is 13.5. The summed E-state index contributed by atoms with van der Waals surface area (Å²) in [7, 11) is 0. The lowest BCUT2D eigenvalue weighted by atomic mass is 9.72. The summed E-state index contributed by atoms with van der Waals surface area (Å²) in [6.07, 6.45) is 2.11. The molecule has 0 saturated carbocycles. The van der Waals surface area contributed by atoms with Crippen LogP contribution in [-0.2, 0) is 4.79 Å². The number of carbonyl (C=O) groups is 1. The number of nitrogens with two attached hydrogens (primary N) is 1. The maximum Gasteiger partial charge on any atom is 0.244 e. The van der Waals surface area contributed by atoms with Gasteiger partial charge in [-0.05, 0) is 56.5 Å². The lowest BCUT2D eigenvalue weighted by Crippen LogP contribution is -2.68. The largest absolute Gasteiger partial charge is 0.370 e. The summed E-state index contributed by atoms with van der Waals surface area (Å²) in [5.74, 6) is 0.138. The standard InChI is InChI=1S/C15H21N3O/c1-11-3-2-4-13(9-11)17-15(14(16)19)10-18-7-5-12(15)6-8-18/h2-4,9,12,17H,5-8,10H2,1H3,(H2,16,19). The summed E-state index contributed by atoms with van der Waals surface area (Å²) in [4.78, 5) is 14.4. The molecule has 1 aromatic rings. The Morgan fingerprint density at radius 1 is 1.42 bits per heavy atom. The Hall–Kier alpha value is -1.55. The van der Waals surface area contributed by atoms with Crippen LogP contribution in [0, 0.1) is 12.8 Å². The van der Waals surface area contributed by atoms with Crippen LogP contribution in [-0.4, -0.2) is 36.0 Å². The SMILES string of the molecule is Cc1cccc(NC2(C(N)=O)CN3CCC2CC3)c1. The molecule has 3 fully saturated rings. The fourth-order valence-corrected chi connectivity index (χ4v) is 3.53. The van der Waals surface area contributed by atoms with E-state index in [2.05, 4.69) is 29.3 Å². The van der Waals surface area contributed by atoms with Crippen molar-refractivity contribution in [1.82, 2.24) is 4.90 Å². The Kier molecular flexibility index (Phi) is 2.97. The zero-order valence-corrected chi connectivity index (χ0v) is 11.4. The Bertz CT molecular complexity index is 494. The van der Waals surface area contributed by atoms with Crippen molar-refractivity contribution in [3.05, 3.63) is 29.8 Å². The van der Waals surface area contributed by atoms with Gasteiger partial charge in [0.2, 0.25) is 5.91 Å². The molecule has 0 aliphatic carbocycles. The maximum atomic E-state index is 12.1. The van der Waals surface area contributed by atoms with Crippen LogP contribution in [0.5, 0.6) is 0 Å². The Labute approximate surface area is 114 Å². The lowest BCUT2D eigenvalue weighted by Gasteiger charge is -2.52. The third kappa shape index (κ3) is 2.10. The number of primary amides is 1. The molecule has 4 rings (SSSR count). The first-order valence-electron chi connectivity index (χ1n) is 6.97. The van der Waals surface area contributed by atoms with E-state index in [0.717, 1.165) is 38.2 Å². The monoisotopic (exact) mass is 259 g/mol. The number of carbonyl (C=O) groups excluding carboxylic acids is 1. The molecule has 4 nitrogen and oxygen atoms in total. The number of fused-ring (bicyclic) bond motifs is 3. The van der Waals surface area contributed by atoms with Gasteiger partial charge < -0.3 is 16.0 Å². The molecule has 1 amide bonds. The van der Waals surface area contributed by atoms with Crippen LogP contribution < -0.4 is 11.1 Å². The maximum absolute atomic E-state index is 12.1. The van der Waals surface area contributed by atoms with E-state index in [1.807, 2.05) is 12.1 Å². The minimum Gasteiger partial charge on any atom is -0.370 e. The van der Waals surface area contributed by atoms with Crippen molar-refractivity contribution in [1.29, 1.82) is 0 Å². The van der Waals surface area contributed by atoms with Crippen LogP contribution in [0.3, 0.4) is 0 Å². The molecule has 19 heavy (non-hydrogen) atoms. The number of anilines is 1. The molecule has 3 saturated heterocycles. The highest BCUT2D eigenvalue weighted by atomic mass is 16.1. The van der Waals surface area contributed by atoms with Gasteiger partial charge in [0.1, 0.15) is 5.54 Å². The summed E-state index contributed by atoms with van der Waals surface area (Å²) >= 11 is 0. The first-order chi connectivity index (χ1) is 9.10. The van der Waals surface area contributed by atoms with E-state index in [0.29, 0.717) is 5.92 Å². The van der Waals surface area contributed by atoms with Crippen molar-refractivity contribution in [2.75, 3.05) is 25.0 Å². The number of rotatable bonds is 3. The molecular formula is C15H21N3O. The molecule has 3 N–H and O–H groups in total. The Balaban J connectivity index is 1.91. The zero-order valence-electron chi connectivity index (χ0n) is 11.4. The minimum absolute atomic E-state index is 0.219. The van der Waals surface area contributed by atoms with E-state index in [1.165, 1.54) is 5.56 Å². The Morgan fingerprint density at radius 3 is 2.68 bits per heavy atom. The van der Waals surface area contributed by atoms with E-state index >= 15 is 0 Å². The van der Waals surface area contributed by atoms with Crippen molar-refractivity contribution in [3.8, 4) is 0 Å². The van der Waals surface area contributed by atoms with Crippen molar-refractivity contribution in [2.24, 2.45) is 11.7 Å². The van der Waals surface area contributed by atoms with Gasteiger partial charge in [0.05, 0.1) is 0 Å². The molecule has 1 atom stereocenters. The minimum atomic E-state index is -0.593. The highest BCUT2D eigenvalue weighted by Crippen LogP contribution is 2.38. The van der Waals surface area contributed by atoms with Gasteiger partial charge in [-0.1, -0.05) is 12.1 Å². The van der Waals surface area contributed by atoms with E-state index in [4.69, 9.17) is 5.73 Å². The lowest BCUT2D eigenvalue weighted by molar-refractivity contribution is -0.128. The van der Waals surface area contributed by atoms with E-state index in [-0.39, 0.29) is 5.91 Å². The van der Waals surface area contributed by atoms with Crippen molar-refractivity contribution >= 4 is 11.6 Å². The number of amides is 1. The quantitative estimate of drug-likeness (QED) is 0.861. The smallest absolute Gasteiger partial charge is 0.244 e. The highest BCUT2D eigenvalue weighted by Gasteiger charge is 2.50. The van der Waals surface area contributed by atoms with Gasteiger partial charge in [-0.15, -0.1) is 0 Å².